The highest BCUT2D eigenvalue weighted by Gasteiger charge is 2.19. The number of hydrogen-bond donors (Lipinski definition) is 2. The molecule has 0 spiro atoms. The van der Waals surface area contributed by atoms with Gasteiger partial charge in [0.25, 0.3) is 10.0 Å². The first-order valence-corrected chi connectivity index (χ1v) is 8.54. The van der Waals surface area contributed by atoms with E-state index in [1.807, 2.05) is 0 Å². The number of pyridine rings is 1. The molecule has 0 bridgehead atoms. The van der Waals surface area contributed by atoms with E-state index >= 15 is 0 Å². The number of benzene rings is 1. The van der Waals surface area contributed by atoms with Crippen LogP contribution in [0.5, 0.6) is 0 Å². The van der Waals surface area contributed by atoms with Crippen LogP contribution in [0.15, 0.2) is 50.4 Å². The molecule has 0 aliphatic rings. The fraction of sp³-hybridized carbons (Fsp3) is 0. The third-order valence-electron chi connectivity index (χ3n) is 2.43. The molecule has 1 heterocycles. The molecule has 0 fully saturated rings. The average molecular weight is 436 g/mol. The van der Waals surface area contributed by atoms with E-state index < -0.39 is 16.0 Å². The normalized spacial score (nSPS) is 11.1. The van der Waals surface area contributed by atoms with Crippen LogP contribution in [0, 0.1) is 0 Å². The second-order valence-corrected chi connectivity index (χ2v) is 7.34. The Bertz CT molecular complexity index is 791. The number of carbonyl (C=O) groups is 1. The number of anilines is 1. The maximum Gasteiger partial charge on any atom is 0.337 e. The van der Waals surface area contributed by atoms with Gasteiger partial charge in [-0.15, -0.1) is 0 Å². The van der Waals surface area contributed by atoms with E-state index in [2.05, 4.69) is 41.6 Å². The summed E-state index contributed by atoms with van der Waals surface area (Å²) < 4.78 is 27.9. The van der Waals surface area contributed by atoms with Gasteiger partial charge in [-0.2, -0.15) is 0 Å². The Morgan fingerprint density at radius 3 is 2.48 bits per heavy atom. The minimum absolute atomic E-state index is 0.0263. The van der Waals surface area contributed by atoms with Crippen molar-refractivity contribution in [2.24, 2.45) is 0 Å². The molecule has 0 unspecified atom stereocenters. The highest BCUT2D eigenvalue weighted by molar-refractivity contribution is 9.11. The van der Waals surface area contributed by atoms with Crippen molar-refractivity contribution < 1.29 is 18.3 Å². The first-order chi connectivity index (χ1) is 9.79. The molecule has 0 atom stereocenters. The maximum absolute atomic E-state index is 12.3. The van der Waals surface area contributed by atoms with Crippen LogP contribution in [0.4, 0.5) is 5.82 Å². The van der Waals surface area contributed by atoms with Crippen LogP contribution < -0.4 is 4.72 Å². The van der Waals surface area contributed by atoms with Gasteiger partial charge >= 0.3 is 5.97 Å². The Morgan fingerprint density at radius 2 is 1.90 bits per heavy atom. The number of halogens is 2. The Morgan fingerprint density at radius 1 is 1.19 bits per heavy atom. The lowest BCUT2D eigenvalue weighted by atomic mass is 10.3. The standard InChI is InChI=1S/C12H8Br2N2O4S/c13-8-2-3-9(14)10(5-8)21(19,20)16-11-4-1-7(6-15-11)12(17)18/h1-6H,(H,15,16)(H,17,18). The van der Waals surface area contributed by atoms with Gasteiger partial charge in [0.2, 0.25) is 0 Å². The van der Waals surface area contributed by atoms with Crippen molar-refractivity contribution in [1.82, 2.24) is 4.98 Å². The molecule has 0 aliphatic carbocycles. The van der Waals surface area contributed by atoms with Gasteiger partial charge in [0.15, 0.2) is 0 Å². The summed E-state index contributed by atoms with van der Waals surface area (Å²) in [6, 6.07) is 7.29. The highest BCUT2D eigenvalue weighted by atomic mass is 79.9. The Kier molecular flexibility index (Phi) is 4.64. The van der Waals surface area contributed by atoms with Crippen LogP contribution in [0.3, 0.4) is 0 Å². The zero-order valence-corrected chi connectivity index (χ0v) is 14.2. The first kappa shape index (κ1) is 15.9. The van der Waals surface area contributed by atoms with Gasteiger partial charge in [0.05, 0.1) is 5.56 Å². The zero-order valence-electron chi connectivity index (χ0n) is 10.2. The molecule has 1 aromatic heterocycles. The molecule has 2 N–H and O–H groups in total. The van der Waals surface area contributed by atoms with E-state index in [9.17, 15) is 13.2 Å². The van der Waals surface area contributed by atoms with Crippen LogP contribution in [0.1, 0.15) is 10.4 Å². The fourth-order valence-electron chi connectivity index (χ4n) is 1.46. The lowest BCUT2D eigenvalue weighted by Crippen LogP contribution is -2.14. The van der Waals surface area contributed by atoms with E-state index in [0.29, 0.717) is 8.95 Å². The van der Waals surface area contributed by atoms with Crippen LogP contribution >= 0.6 is 31.9 Å². The van der Waals surface area contributed by atoms with Crippen LogP contribution in [0.25, 0.3) is 0 Å². The third-order valence-corrected chi connectivity index (χ3v) is 5.27. The number of hydrogen-bond acceptors (Lipinski definition) is 4. The molecule has 9 heteroatoms. The smallest absolute Gasteiger partial charge is 0.337 e. The Hall–Kier alpha value is -1.45. The van der Waals surface area contributed by atoms with E-state index in [1.165, 1.54) is 18.2 Å². The molecular formula is C12H8Br2N2O4S. The van der Waals surface area contributed by atoms with Gasteiger partial charge in [0, 0.05) is 15.1 Å². The molecule has 6 nitrogen and oxygen atoms in total. The molecule has 0 aliphatic heterocycles. The quantitative estimate of drug-likeness (QED) is 0.768. The van der Waals surface area contributed by atoms with Crippen molar-refractivity contribution in [3.8, 4) is 0 Å². The number of sulfonamides is 1. The molecule has 21 heavy (non-hydrogen) atoms. The Balaban J connectivity index is 2.33. The Labute approximate surface area is 137 Å². The van der Waals surface area contributed by atoms with Gasteiger partial charge in [-0.3, -0.25) is 4.72 Å². The summed E-state index contributed by atoms with van der Waals surface area (Å²) >= 11 is 6.38. The molecule has 0 amide bonds. The van der Waals surface area contributed by atoms with E-state index in [0.717, 1.165) is 6.20 Å². The summed E-state index contributed by atoms with van der Waals surface area (Å²) in [5.74, 6) is -1.10. The van der Waals surface area contributed by atoms with E-state index in [4.69, 9.17) is 5.11 Å². The van der Waals surface area contributed by atoms with Gasteiger partial charge < -0.3 is 5.11 Å². The third kappa shape index (κ3) is 3.80. The summed E-state index contributed by atoms with van der Waals surface area (Å²) in [6.07, 6.45) is 1.08. The number of nitrogens with one attached hydrogen (secondary N) is 1. The molecule has 0 saturated heterocycles. The van der Waals surface area contributed by atoms with Crippen LogP contribution in [-0.2, 0) is 10.0 Å². The summed E-state index contributed by atoms with van der Waals surface area (Å²) in [4.78, 5) is 14.5. The van der Waals surface area contributed by atoms with Crippen molar-refractivity contribution in [3.63, 3.8) is 0 Å². The second-order valence-electron chi connectivity index (χ2n) is 3.92. The lowest BCUT2D eigenvalue weighted by molar-refractivity contribution is 0.0696. The molecule has 0 saturated carbocycles. The van der Waals surface area contributed by atoms with Crippen molar-refractivity contribution in [1.29, 1.82) is 0 Å². The molecule has 2 aromatic rings. The van der Waals surface area contributed by atoms with E-state index in [1.54, 1.807) is 12.1 Å². The summed E-state index contributed by atoms with van der Waals surface area (Å²) in [5.41, 5.74) is -0.0263. The minimum atomic E-state index is -3.84. The number of carboxylic acids is 1. The molecular weight excluding hydrogens is 428 g/mol. The number of nitrogens with zero attached hydrogens (tertiary/aromatic N) is 1. The fourth-order valence-corrected chi connectivity index (χ4v) is 3.97. The predicted molar refractivity (Wildman–Crippen MR) is 83.8 cm³/mol. The van der Waals surface area contributed by atoms with Gasteiger partial charge in [-0.1, -0.05) is 15.9 Å². The average Bonchev–Trinajstić information content (AvgIpc) is 2.41. The number of aromatic carboxylic acids is 1. The topological polar surface area (TPSA) is 96.4 Å². The maximum atomic E-state index is 12.3. The lowest BCUT2D eigenvalue weighted by Gasteiger charge is -2.09. The summed E-state index contributed by atoms with van der Waals surface area (Å²) in [6.45, 7) is 0. The highest BCUT2D eigenvalue weighted by Crippen LogP contribution is 2.27. The second kappa shape index (κ2) is 6.12. The number of aromatic nitrogens is 1. The van der Waals surface area contributed by atoms with Crippen LogP contribution in [0.2, 0.25) is 0 Å². The molecule has 2 rings (SSSR count). The van der Waals surface area contributed by atoms with Crippen LogP contribution in [-0.4, -0.2) is 24.5 Å². The molecule has 110 valence electrons. The number of carboxylic acid groups (broad SMARTS) is 1. The summed E-state index contributed by atoms with van der Waals surface area (Å²) in [5, 5.41) is 8.76. The SMILES string of the molecule is O=C(O)c1ccc(NS(=O)(=O)c2cc(Br)ccc2Br)nc1. The van der Waals surface area contributed by atoms with Crippen molar-refractivity contribution in [3.05, 3.63) is 51.0 Å². The monoisotopic (exact) mass is 434 g/mol. The largest absolute Gasteiger partial charge is 0.478 e. The number of rotatable bonds is 4. The van der Waals surface area contributed by atoms with Gasteiger partial charge in [-0.25, -0.2) is 18.2 Å². The summed E-state index contributed by atoms with van der Waals surface area (Å²) in [7, 11) is -3.84. The van der Waals surface area contributed by atoms with Gasteiger partial charge in [0.1, 0.15) is 10.7 Å². The van der Waals surface area contributed by atoms with Crippen molar-refractivity contribution in [2.75, 3.05) is 4.72 Å². The zero-order chi connectivity index (χ0) is 15.6. The molecule has 0 radical (unpaired) electrons. The van der Waals surface area contributed by atoms with E-state index in [-0.39, 0.29) is 16.3 Å². The molecule has 1 aromatic carbocycles. The van der Waals surface area contributed by atoms with Crippen molar-refractivity contribution in [2.45, 2.75) is 4.90 Å². The minimum Gasteiger partial charge on any atom is -0.478 e. The predicted octanol–water partition coefficient (Wildman–Crippen LogP) is 3.11. The van der Waals surface area contributed by atoms with Gasteiger partial charge in [-0.05, 0) is 46.3 Å². The van der Waals surface area contributed by atoms with Crippen molar-refractivity contribution >= 4 is 53.7 Å². The first-order valence-electron chi connectivity index (χ1n) is 5.47.